The molecule has 0 aromatic carbocycles. The second-order valence-electron chi connectivity index (χ2n) is 9.66. The average Bonchev–Trinajstić information content (AvgIpc) is 3.01. The van der Waals surface area contributed by atoms with Crippen LogP contribution in [0.1, 0.15) is 57.9 Å². The first-order valence-electron chi connectivity index (χ1n) is 10.5. The number of pyridine rings is 1. The van der Waals surface area contributed by atoms with Gasteiger partial charge >= 0.3 is 0 Å². The third kappa shape index (κ3) is 2.37. The van der Waals surface area contributed by atoms with E-state index in [0.717, 1.165) is 25.7 Å². The van der Waals surface area contributed by atoms with Crippen LogP contribution in [0.4, 0.5) is 0 Å². The summed E-state index contributed by atoms with van der Waals surface area (Å²) in [5, 5.41) is 11.1. The van der Waals surface area contributed by atoms with Crippen molar-refractivity contribution in [1.29, 1.82) is 0 Å². The monoisotopic (exact) mass is 363 g/mol. The smallest absolute Gasteiger partial charge is 0.136 e. The van der Waals surface area contributed by atoms with Gasteiger partial charge in [0.2, 0.25) is 0 Å². The number of nitrogens with zero attached hydrogens (tertiary/aromatic N) is 1. The fourth-order valence-corrected chi connectivity index (χ4v) is 7.01. The van der Waals surface area contributed by atoms with Crippen molar-refractivity contribution >= 4 is 11.4 Å². The lowest BCUT2D eigenvalue weighted by atomic mass is 9.46. The molecule has 1 aromatic rings. The van der Waals surface area contributed by atoms with E-state index in [9.17, 15) is 9.90 Å². The predicted molar refractivity (Wildman–Crippen MR) is 106 cm³/mol. The van der Waals surface area contributed by atoms with Gasteiger partial charge in [-0.2, -0.15) is 0 Å². The van der Waals surface area contributed by atoms with Crippen LogP contribution < -0.4 is 0 Å². The number of rotatable bonds is 1. The Hall–Kier alpha value is -1.74. The molecular formula is C24H29NO2. The number of Topliss-reactive ketones (excluding diaryl/α,β-unsaturated/α-hetero) is 1. The predicted octanol–water partition coefficient (Wildman–Crippen LogP) is 4.58. The Bertz CT molecular complexity index is 841. The SMILES string of the molecule is C[C@]12CCC(=O)CC1=C[C@@H](O)[C@@H]1[C@@H]2CC[C@]2(C)C(c3cccnc3)=CC[C@@H]12. The minimum absolute atomic E-state index is 0.0934. The summed E-state index contributed by atoms with van der Waals surface area (Å²) in [6.45, 7) is 4.76. The first-order chi connectivity index (χ1) is 12.9. The first kappa shape index (κ1) is 17.4. The van der Waals surface area contributed by atoms with Gasteiger partial charge in [-0.15, -0.1) is 0 Å². The van der Waals surface area contributed by atoms with Crippen molar-refractivity contribution in [3.05, 3.63) is 47.8 Å². The molecule has 2 saturated carbocycles. The third-order valence-corrected chi connectivity index (χ3v) is 8.52. The largest absolute Gasteiger partial charge is 0.389 e. The molecule has 0 radical (unpaired) electrons. The van der Waals surface area contributed by atoms with Gasteiger partial charge in [-0.3, -0.25) is 9.78 Å². The zero-order chi connectivity index (χ0) is 18.8. The van der Waals surface area contributed by atoms with Crippen LogP contribution in [0.25, 0.3) is 5.57 Å². The number of ketones is 1. The molecule has 1 heterocycles. The zero-order valence-corrected chi connectivity index (χ0v) is 16.3. The normalized spacial score (nSPS) is 43.3. The van der Waals surface area contributed by atoms with E-state index in [4.69, 9.17) is 0 Å². The molecule has 4 aliphatic carbocycles. The molecule has 0 amide bonds. The van der Waals surface area contributed by atoms with E-state index in [1.54, 1.807) is 0 Å². The molecule has 27 heavy (non-hydrogen) atoms. The fraction of sp³-hybridized carbons (Fsp3) is 0.583. The first-order valence-corrected chi connectivity index (χ1v) is 10.5. The number of carbonyl (C=O) groups excluding carboxylic acids is 1. The summed E-state index contributed by atoms with van der Waals surface area (Å²) in [6.07, 6.45) is 13.4. The van der Waals surface area contributed by atoms with Crippen LogP contribution in [0.2, 0.25) is 0 Å². The average molecular weight is 364 g/mol. The molecule has 6 atom stereocenters. The van der Waals surface area contributed by atoms with Crippen molar-refractivity contribution in [2.45, 2.75) is 58.5 Å². The third-order valence-electron chi connectivity index (χ3n) is 8.52. The summed E-state index contributed by atoms with van der Waals surface area (Å²) >= 11 is 0. The van der Waals surface area contributed by atoms with Crippen molar-refractivity contribution in [2.75, 3.05) is 0 Å². The number of carbonyl (C=O) groups is 1. The molecule has 3 nitrogen and oxygen atoms in total. The summed E-state index contributed by atoms with van der Waals surface area (Å²) in [5.74, 6) is 1.58. The molecule has 0 saturated heterocycles. The number of allylic oxidation sites excluding steroid dienone is 3. The lowest BCUT2D eigenvalue weighted by molar-refractivity contribution is -0.123. The van der Waals surface area contributed by atoms with Crippen molar-refractivity contribution in [2.24, 2.45) is 28.6 Å². The van der Waals surface area contributed by atoms with Crippen molar-refractivity contribution < 1.29 is 9.90 Å². The highest BCUT2D eigenvalue weighted by atomic mass is 16.3. The fourth-order valence-electron chi connectivity index (χ4n) is 7.01. The number of aliphatic hydroxyl groups is 1. The molecule has 142 valence electrons. The summed E-state index contributed by atoms with van der Waals surface area (Å²) in [7, 11) is 0. The Morgan fingerprint density at radius 1 is 1.19 bits per heavy atom. The molecule has 4 aliphatic rings. The van der Waals surface area contributed by atoms with Crippen molar-refractivity contribution in [3.8, 4) is 0 Å². The van der Waals surface area contributed by atoms with E-state index in [2.05, 4.69) is 37.0 Å². The van der Waals surface area contributed by atoms with E-state index in [-0.39, 0.29) is 16.7 Å². The molecule has 2 fully saturated rings. The maximum absolute atomic E-state index is 12.0. The Morgan fingerprint density at radius 2 is 2.04 bits per heavy atom. The van der Waals surface area contributed by atoms with E-state index >= 15 is 0 Å². The molecule has 1 aromatic heterocycles. The standard InChI is InChI=1S/C24H29NO2/c1-23-9-7-17(26)12-16(23)13-21(27)22-19-6-5-18(15-4-3-11-25-14-15)24(19,2)10-8-20(22)23/h3-5,11,13-14,19-22,27H,6-10,12H2,1-2H3/t19-,20-,21+,22-,23-,24+/m0/s1. The highest BCUT2D eigenvalue weighted by molar-refractivity contribution is 5.82. The second-order valence-corrected chi connectivity index (χ2v) is 9.66. The number of hydrogen-bond donors (Lipinski definition) is 1. The lowest BCUT2D eigenvalue weighted by Crippen LogP contribution is -2.54. The van der Waals surface area contributed by atoms with Gasteiger partial charge in [0.05, 0.1) is 6.10 Å². The number of aromatic nitrogens is 1. The number of hydrogen-bond acceptors (Lipinski definition) is 3. The van der Waals surface area contributed by atoms with Gasteiger partial charge in [0.1, 0.15) is 5.78 Å². The van der Waals surface area contributed by atoms with Gasteiger partial charge in [0, 0.05) is 25.2 Å². The van der Waals surface area contributed by atoms with Gasteiger partial charge in [0.25, 0.3) is 0 Å². The van der Waals surface area contributed by atoms with Crippen LogP contribution >= 0.6 is 0 Å². The zero-order valence-electron chi connectivity index (χ0n) is 16.3. The van der Waals surface area contributed by atoms with E-state index in [0.29, 0.717) is 30.5 Å². The highest BCUT2D eigenvalue weighted by Gasteiger charge is 2.59. The van der Waals surface area contributed by atoms with Gasteiger partial charge in [-0.25, -0.2) is 0 Å². The van der Waals surface area contributed by atoms with Gasteiger partial charge < -0.3 is 5.11 Å². The summed E-state index contributed by atoms with van der Waals surface area (Å²) in [6, 6.07) is 4.19. The van der Waals surface area contributed by atoms with Gasteiger partial charge in [-0.1, -0.05) is 37.6 Å². The molecule has 1 N–H and O–H groups in total. The summed E-state index contributed by atoms with van der Waals surface area (Å²) in [4.78, 5) is 16.4. The van der Waals surface area contributed by atoms with E-state index in [1.807, 2.05) is 18.5 Å². The van der Waals surface area contributed by atoms with Crippen LogP contribution in [0.3, 0.4) is 0 Å². The minimum atomic E-state index is -0.421. The van der Waals surface area contributed by atoms with Crippen LogP contribution in [0.5, 0.6) is 0 Å². The van der Waals surface area contributed by atoms with Crippen LogP contribution in [0.15, 0.2) is 42.3 Å². The minimum Gasteiger partial charge on any atom is -0.389 e. The second kappa shape index (κ2) is 5.88. The summed E-state index contributed by atoms with van der Waals surface area (Å²) < 4.78 is 0. The maximum atomic E-state index is 12.0. The van der Waals surface area contributed by atoms with Gasteiger partial charge in [0.15, 0.2) is 0 Å². The molecule has 5 rings (SSSR count). The molecule has 0 bridgehead atoms. The molecule has 0 aliphatic heterocycles. The highest BCUT2D eigenvalue weighted by Crippen LogP contribution is 2.66. The maximum Gasteiger partial charge on any atom is 0.136 e. The molecular weight excluding hydrogens is 334 g/mol. The van der Waals surface area contributed by atoms with Crippen LogP contribution in [0, 0.1) is 28.6 Å². The Labute approximate surface area is 161 Å². The van der Waals surface area contributed by atoms with Crippen molar-refractivity contribution in [3.63, 3.8) is 0 Å². The van der Waals surface area contributed by atoms with E-state index in [1.165, 1.54) is 16.7 Å². The van der Waals surface area contributed by atoms with Crippen LogP contribution in [-0.4, -0.2) is 22.0 Å². The lowest BCUT2D eigenvalue weighted by Gasteiger charge is -2.58. The van der Waals surface area contributed by atoms with Gasteiger partial charge in [-0.05, 0) is 71.5 Å². The Morgan fingerprint density at radius 3 is 2.81 bits per heavy atom. The summed E-state index contributed by atoms with van der Waals surface area (Å²) in [5.41, 5.74) is 4.07. The van der Waals surface area contributed by atoms with Crippen molar-refractivity contribution in [1.82, 2.24) is 4.98 Å². The Kier molecular flexibility index (Phi) is 3.78. The van der Waals surface area contributed by atoms with E-state index < -0.39 is 6.10 Å². The molecule has 0 unspecified atom stereocenters. The number of aliphatic hydroxyl groups excluding tert-OH is 1. The topological polar surface area (TPSA) is 50.2 Å². The molecule has 3 heteroatoms. The Balaban J connectivity index is 1.52. The van der Waals surface area contributed by atoms with Crippen LogP contribution in [-0.2, 0) is 4.79 Å². The molecule has 0 spiro atoms. The number of fused-ring (bicyclic) bond motifs is 5. The quantitative estimate of drug-likeness (QED) is 0.743.